The topological polar surface area (TPSA) is 177 Å². The number of carboxylic acids is 1. The molecule has 3 amide bonds. The van der Waals surface area contributed by atoms with Gasteiger partial charge in [-0.05, 0) is 43.4 Å². The Balaban J connectivity index is 2.10. The van der Waals surface area contributed by atoms with Crippen LogP contribution in [-0.4, -0.2) is 65.3 Å². The van der Waals surface area contributed by atoms with E-state index in [4.69, 9.17) is 11.5 Å². The van der Waals surface area contributed by atoms with Crippen LogP contribution in [0.25, 0.3) is 0 Å². The highest BCUT2D eigenvalue weighted by Crippen LogP contribution is 2.07. The molecule has 0 fully saturated rings. The largest absolute Gasteiger partial charge is 0.480 e. The van der Waals surface area contributed by atoms with Gasteiger partial charge in [0, 0.05) is 12.2 Å². The molecule has 2 aromatic carbocycles. The Hall–Kier alpha value is -3.41. The Bertz CT molecular complexity index is 1040. The van der Waals surface area contributed by atoms with E-state index in [1.165, 1.54) is 0 Å². The summed E-state index contributed by atoms with van der Waals surface area (Å²) >= 11 is 4.20. The zero-order valence-electron chi connectivity index (χ0n) is 21.2. The zero-order valence-corrected chi connectivity index (χ0v) is 22.1. The number of aliphatic carboxylic acids is 1. The second-order valence-electron chi connectivity index (χ2n) is 8.97. The number of hydrogen-bond acceptors (Lipinski definition) is 7. The number of benzene rings is 2. The van der Waals surface area contributed by atoms with Crippen LogP contribution in [0.4, 0.5) is 0 Å². The molecule has 206 valence electrons. The molecule has 8 N–H and O–H groups in total. The number of nitrogens with two attached hydrogens (primary N) is 2. The van der Waals surface area contributed by atoms with Crippen LogP contribution in [0.5, 0.6) is 0 Å². The highest BCUT2D eigenvalue weighted by Gasteiger charge is 2.30. The molecule has 0 heterocycles. The first kappa shape index (κ1) is 30.8. The molecular formula is C27H37N5O5S. The van der Waals surface area contributed by atoms with E-state index in [2.05, 4.69) is 28.6 Å². The maximum atomic E-state index is 13.1. The lowest BCUT2D eigenvalue weighted by Crippen LogP contribution is -2.58. The Kier molecular flexibility index (Phi) is 13.3. The van der Waals surface area contributed by atoms with E-state index in [1.54, 1.807) is 24.3 Å². The molecule has 4 atom stereocenters. The molecule has 11 heteroatoms. The fourth-order valence-corrected chi connectivity index (χ4v) is 4.04. The molecule has 0 spiro atoms. The third kappa shape index (κ3) is 10.5. The number of carbonyl (C=O) groups excluding carboxylic acids is 3. The molecule has 0 radical (unpaired) electrons. The number of carbonyl (C=O) groups is 4. The number of rotatable bonds is 16. The number of nitrogens with one attached hydrogen (secondary N) is 3. The second-order valence-corrected chi connectivity index (χ2v) is 9.34. The van der Waals surface area contributed by atoms with Crippen molar-refractivity contribution >= 4 is 36.3 Å². The van der Waals surface area contributed by atoms with Crippen molar-refractivity contribution in [2.24, 2.45) is 11.5 Å². The second kappa shape index (κ2) is 16.4. The molecule has 0 aliphatic heterocycles. The van der Waals surface area contributed by atoms with Gasteiger partial charge in [-0.25, -0.2) is 4.79 Å². The molecule has 10 nitrogen and oxygen atoms in total. The lowest BCUT2D eigenvalue weighted by molar-refractivity contribution is -0.142. The fourth-order valence-electron chi connectivity index (χ4n) is 3.79. The lowest BCUT2D eigenvalue weighted by Gasteiger charge is -2.25. The van der Waals surface area contributed by atoms with Crippen LogP contribution < -0.4 is 27.4 Å². The van der Waals surface area contributed by atoms with Gasteiger partial charge in [0.1, 0.15) is 18.1 Å². The molecule has 0 saturated carbocycles. The molecule has 0 saturated heterocycles. The van der Waals surface area contributed by atoms with Gasteiger partial charge in [0.05, 0.1) is 6.04 Å². The number of thiol groups is 1. The Morgan fingerprint density at radius 2 is 1.24 bits per heavy atom. The zero-order chi connectivity index (χ0) is 27.9. The smallest absolute Gasteiger partial charge is 0.326 e. The summed E-state index contributed by atoms with van der Waals surface area (Å²) in [6.45, 7) is 0.415. The number of carboxylic acid groups (broad SMARTS) is 1. The number of amides is 3. The van der Waals surface area contributed by atoms with Crippen molar-refractivity contribution in [3.05, 3.63) is 71.8 Å². The summed E-state index contributed by atoms with van der Waals surface area (Å²) < 4.78 is 0. The average Bonchev–Trinajstić information content (AvgIpc) is 2.91. The maximum Gasteiger partial charge on any atom is 0.326 e. The van der Waals surface area contributed by atoms with Crippen molar-refractivity contribution in [1.82, 2.24) is 16.0 Å². The SMILES string of the molecule is NCCCCC(NC(=O)C(Cc1ccccc1)NC(=O)C(CS)NC(=O)C(N)Cc1ccccc1)C(=O)O. The van der Waals surface area contributed by atoms with Gasteiger partial charge >= 0.3 is 5.97 Å². The van der Waals surface area contributed by atoms with Gasteiger partial charge < -0.3 is 32.5 Å². The van der Waals surface area contributed by atoms with E-state index in [9.17, 15) is 24.3 Å². The summed E-state index contributed by atoms with van der Waals surface area (Å²) in [5.41, 5.74) is 13.2. The van der Waals surface area contributed by atoms with Gasteiger partial charge in [0.2, 0.25) is 17.7 Å². The average molecular weight is 544 g/mol. The predicted molar refractivity (Wildman–Crippen MR) is 148 cm³/mol. The Morgan fingerprint density at radius 3 is 1.76 bits per heavy atom. The minimum absolute atomic E-state index is 0.0356. The monoisotopic (exact) mass is 543 g/mol. The van der Waals surface area contributed by atoms with Crippen molar-refractivity contribution in [2.75, 3.05) is 12.3 Å². The Labute approximate surface area is 228 Å². The van der Waals surface area contributed by atoms with Gasteiger partial charge in [0.15, 0.2) is 0 Å². The minimum atomic E-state index is -1.17. The van der Waals surface area contributed by atoms with Crippen LogP contribution in [0.1, 0.15) is 30.4 Å². The summed E-state index contributed by atoms with van der Waals surface area (Å²) in [5, 5.41) is 17.3. The highest BCUT2D eigenvalue weighted by atomic mass is 32.1. The van der Waals surface area contributed by atoms with E-state index < -0.39 is 47.9 Å². The third-order valence-corrected chi connectivity index (χ3v) is 6.29. The summed E-state index contributed by atoms with van der Waals surface area (Å²) in [6, 6.07) is 14.1. The number of hydrogen-bond donors (Lipinski definition) is 7. The molecule has 0 aromatic heterocycles. The van der Waals surface area contributed by atoms with Crippen molar-refractivity contribution < 1.29 is 24.3 Å². The van der Waals surface area contributed by atoms with Crippen LogP contribution in [-0.2, 0) is 32.0 Å². The van der Waals surface area contributed by atoms with Crippen LogP contribution in [0.15, 0.2) is 60.7 Å². The number of unbranched alkanes of at least 4 members (excludes halogenated alkanes) is 1. The van der Waals surface area contributed by atoms with E-state index in [1.807, 2.05) is 36.4 Å². The van der Waals surface area contributed by atoms with E-state index in [0.717, 1.165) is 11.1 Å². The first-order valence-electron chi connectivity index (χ1n) is 12.5. The molecule has 2 aromatic rings. The van der Waals surface area contributed by atoms with Crippen LogP contribution >= 0.6 is 12.6 Å². The standard InChI is InChI=1S/C27H37N5O5S/c28-14-8-7-13-21(27(36)37)30-25(34)22(16-19-11-5-2-6-12-19)31-26(35)23(17-38)32-24(33)20(29)15-18-9-3-1-4-10-18/h1-6,9-12,20-23,38H,7-8,13-17,28-29H2,(H,30,34)(H,31,35)(H,32,33)(H,36,37). The van der Waals surface area contributed by atoms with Crippen molar-refractivity contribution in [2.45, 2.75) is 56.3 Å². The van der Waals surface area contributed by atoms with Crippen LogP contribution in [0.3, 0.4) is 0 Å². The van der Waals surface area contributed by atoms with E-state index in [0.29, 0.717) is 19.4 Å². The summed E-state index contributed by atoms with van der Waals surface area (Å²) in [6.07, 6.45) is 1.76. The van der Waals surface area contributed by atoms with Crippen molar-refractivity contribution in [3.63, 3.8) is 0 Å². The summed E-state index contributed by atoms with van der Waals surface area (Å²) in [4.78, 5) is 50.6. The van der Waals surface area contributed by atoms with Gasteiger partial charge in [-0.1, -0.05) is 60.7 Å². The normalized spacial score (nSPS) is 14.0. The molecule has 38 heavy (non-hydrogen) atoms. The molecule has 0 aliphatic carbocycles. The lowest BCUT2D eigenvalue weighted by atomic mass is 10.0. The van der Waals surface area contributed by atoms with Gasteiger partial charge in [-0.3, -0.25) is 14.4 Å². The van der Waals surface area contributed by atoms with Gasteiger partial charge in [0.25, 0.3) is 0 Å². The van der Waals surface area contributed by atoms with Crippen molar-refractivity contribution in [3.8, 4) is 0 Å². The maximum absolute atomic E-state index is 13.1. The minimum Gasteiger partial charge on any atom is -0.480 e. The van der Waals surface area contributed by atoms with Crippen LogP contribution in [0.2, 0.25) is 0 Å². The predicted octanol–water partition coefficient (Wildman–Crippen LogP) is 0.397. The van der Waals surface area contributed by atoms with Crippen LogP contribution in [0, 0.1) is 0 Å². The van der Waals surface area contributed by atoms with Crippen molar-refractivity contribution in [1.29, 1.82) is 0 Å². The van der Waals surface area contributed by atoms with E-state index >= 15 is 0 Å². The summed E-state index contributed by atoms with van der Waals surface area (Å²) in [7, 11) is 0. The third-order valence-electron chi connectivity index (χ3n) is 5.93. The summed E-state index contributed by atoms with van der Waals surface area (Å²) in [5.74, 6) is -3.02. The molecule has 0 aliphatic rings. The quantitative estimate of drug-likeness (QED) is 0.118. The van der Waals surface area contributed by atoms with E-state index in [-0.39, 0.29) is 25.0 Å². The fraction of sp³-hybridized carbons (Fsp3) is 0.407. The Morgan fingerprint density at radius 1 is 0.737 bits per heavy atom. The molecule has 0 bridgehead atoms. The highest BCUT2D eigenvalue weighted by molar-refractivity contribution is 7.80. The first-order chi connectivity index (χ1) is 18.2. The molecular weight excluding hydrogens is 506 g/mol. The van der Waals surface area contributed by atoms with Gasteiger partial charge in [-0.15, -0.1) is 0 Å². The molecule has 2 rings (SSSR count). The van der Waals surface area contributed by atoms with Gasteiger partial charge in [-0.2, -0.15) is 12.6 Å². The first-order valence-corrected chi connectivity index (χ1v) is 13.2. The molecule has 4 unspecified atom stereocenters.